The van der Waals surface area contributed by atoms with Crippen LogP contribution in [-0.4, -0.2) is 28.1 Å². The van der Waals surface area contributed by atoms with Gasteiger partial charge in [0.1, 0.15) is 11.4 Å². The van der Waals surface area contributed by atoms with Gasteiger partial charge in [0, 0.05) is 11.1 Å². The van der Waals surface area contributed by atoms with Crippen molar-refractivity contribution in [3.8, 4) is 0 Å². The quantitative estimate of drug-likeness (QED) is 0.359. The smallest absolute Gasteiger partial charge is 0.278 e. The van der Waals surface area contributed by atoms with E-state index < -0.39 is 16.6 Å². The van der Waals surface area contributed by atoms with E-state index in [1.807, 2.05) is 60.7 Å². The van der Waals surface area contributed by atoms with Crippen LogP contribution in [0, 0.1) is 0 Å². The number of benzene rings is 2. The first-order valence-electron chi connectivity index (χ1n) is 8.79. The molecule has 0 heterocycles. The van der Waals surface area contributed by atoms with Crippen LogP contribution in [0.1, 0.15) is 11.1 Å². The molecule has 0 aromatic heterocycles. The molecule has 0 amide bonds. The second-order valence-electron chi connectivity index (χ2n) is 8.02. The Morgan fingerprint density at radius 1 is 0.577 bits per heavy atom. The van der Waals surface area contributed by atoms with E-state index in [-0.39, 0.29) is 0 Å². The molecule has 6 heteroatoms. The Morgan fingerprint density at radius 2 is 0.885 bits per heavy atom. The maximum Gasteiger partial charge on any atom is 0.278 e. The molecular weight excluding hydrogens is 356 g/mol. The minimum absolute atomic E-state index is 0.692. The lowest BCUT2D eigenvalue weighted by molar-refractivity contribution is 0.331. The fraction of sp³-hybridized carbons (Fsp3) is 0.300. The monoisotopic (exact) mass is 384 g/mol. The summed E-state index contributed by atoms with van der Waals surface area (Å²) in [7, 11) is -3.67. The predicted octanol–water partition coefficient (Wildman–Crippen LogP) is 5.50. The number of rotatable bonds is 7. The molecule has 2 aromatic carbocycles. The molecule has 0 spiro atoms. The van der Waals surface area contributed by atoms with Gasteiger partial charge in [0.15, 0.2) is 0 Å². The third-order valence-corrected chi connectivity index (χ3v) is 4.42. The zero-order valence-corrected chi connectivity index (χ0v) is 18.5. The van der Waals surface area contributed by atoms with E-state index in [0.717, 1.165) is 11.1 Å². The van der Waals surface area contributed by atoms with Crippen molar-refractivity contribution >= 4 is 28.1 Å². The zero-order valence-electron chi connectivity index (χ0n) is 16.5. The molecule has 0 aliphatic carbocycles. The molecule has 26 heavy (non-hydrogen) atoms. The lowest BCUT2D eigenvalue weighted by Crippen LogP contribution is -2.28. The van der Waals surface area contributed by atoms with Gasteiger partial charge in [0.2, 0.25) is 0 Å². The molecule has 0 unspecified atom stereocenters. The van der Waals surface area contributed by atoms with Crippen LogP contribution in [0.5, 0.6) is 0 Å². The van der Waals surface area contributed by atoms with Gasteiger partial charge in [-0.3, -0.25) is 0 Å². The highest BCUT2D eigenvalue weighted by atomic mass is 28.4. The topological polar surface area (TPSA) is 43.2 Å². The molecular formula is C20H28N2O2Si2. The Kier molecular flexibility index (Phi) is 6.55. The summed E-state index contributed by atoms with van der Waals surface area (Å²) in [6.45, 7) is 12.6. The first kappa shape index (κ1) is 20.1. The lowest BCUT2D eigenvalue weighted by Gasteiger charge is -2.18. The summed E-state index contributed by atoms with van der Waals surface area (Å²) >= 11 is 0. The van der Waals surface area contributed by atoms with Crippen molar-refractivity contribution in [2.75, 3.05) is 0 Å². The minimum Gasteiger partial charge on any atom is -0.455 e. The van der Waals surface area contributed by atoms with Gasteiger partial charge in [0.05, 0.1) is 0 Å². The van der Waals surface area contributed by atoms with Gasteiger partial charge in [-0.05, 0) is 39.3 Å². The molecule has 4 nitrogen and oxygen atoms in total. The number of oxime groups is 2. The molecule has 0 N–H and O–H groups in total. The first-order valence-corrected chi connectivity index (χ1v) is 15.6. The van der Waals surface area contributed by atoms with Crippen molar-refractivity contribution in [3.63, 3.8) is 0 Å². The van der Waals surface area contributed by atoms with Gasteiger partial charge in [-0.25, -0.2) is 0 Å². The largest absolute Gasteiger partial charge is 0.455 e. The van der Waals surface area contributed by atoms with Crippen LogP contribution in [0.15, 0.2) is 71.0 Å². The van der Waals surface area contributed by atoms with Crippen molar-refractivity contribution in [2.24, 2.45) is 10.3 Å². The fourth-order valence-electron chi connectivity index (χ4n) is 2.02. The highest BCUT2D eigenvalue weighted by Crippen LogP contribution is 2.15. The van der Waals surface area contributed by atoms with E-state index in [4.69, 9.17) is 9.05 Å². The molecule has 0 saturated heterocycles. The van der Waals surface area contributed by atoms with Gasteiger partial charge in [-0.15, -0.1) is 0 Å². The van der Waals surface area contributed by atoms with Crippen LogP contribution in [0.4, 0.5) is 0 Å². The first-order chi connectivity index (χ1) is 12.2. The van der Waals surface area contributed by atoms with Crippen LogP contribution in [-0.2, 0) is 9.05 Å². The van der Waals surface area contributed by atoms with Crippen LogP contribution in [0.25, 0.3) is 0 Å². The standard InChI is InChI=1S/C20H28N2O2Si2/c1-25(2,3)23-21-19(17-13-9-7-10-14-17)20(22-24-26(4,5)6)18-15-11-8-12-16-18/h7-16H,1-6H3/b21-19+,22-20+. The molecule has 0 aliphatic heterocycles. The summed E-state index contributed by atoms with van der Waals surface area (Å²) in [5.74, 6) is 0. The molecule has 2 rings (SSSR count). The zero-order chi connectivity index (χ0) is 19.2. The second kappa shape index (κ2) is 8.46. The third-order valence-electron chi connectivity index (χ3n) is 3.14. The predicted molar refractivity (Wildman–Crippen MR) is 115 cm³/mol. The van der Waals surface area contributed by atoms with Crippen LogP contribution in [0.2, 0.25) is 39.3 Å². The van der Waals surface area contributed by atoms with Crippen molar-refractivity contribution in [3.05, 3.63) is 71.8 Å². The van der Waals surface area contributed by atoms with Gasteiger partial charge in [0.25, 0.3) is 16.6 Å². The number of nitrogens with zero attached hydrogens (tertiary/aromatic N) is 2. The maximum absolute atomic E-state index is 5.88. The Morgan fingerprint density at radius 3 is 1.15 bits per heavy atom. The van der Waals surface area contributed by atoms with Gasteiger partial charge in [-0.1, -0.05) is 71.0 Å². The molecule has 0 bridgehead atoms. The molecule has 0 atom stereocenters. The summed E-state index contributed by atoms with van der Waals surface area (Å²) < 4.78 is 11.8. The van der Waals surface area contributed by atoms with Gasteiger partial charge in [-0.2, -0.15) is 0 Å². The SMILES string of the molecule is C[Si](C)(C)O/N=C(/C(=N/O[Si](C)(C)C)c1ccccc1)c1ccccc1. The van der Waals surface area contributed by atoms with E-state index in [1.165, 1.54) is 0 Å². The Balaban J connectivity index is 2.57. The Hall–Kier alpha value is -2.19. The summed E-state index contributed by atoms with van der Waals surface area (Å²) in [5, 5.41) is 9.05. The second-order valence-corrected chi connectivity index (χ2v) is 16.8. The van der Waals surface area contributed by atoms with E-state index in [2.05, 4.69) is 49.6 Å². The summed E-state index contributed by atoms with van der Waals surface area (Å²) in [5.41, 5.74) is 3.29. The number of hydrogen-bond acceptors (Lipinski definition) is 4. The molecule has 0 saturated carbocycles. The highest BCUT2D eigenvalue weighted by Gasteiger charge is 2.22. The van der Waals surface area contributed by atoms with E-state index in [0.29, 0.717) is 11.4 Å². The summed E-state index contributed by atoms with van der Waals surface area (Å²) in [4.78, 5) is 0. The van der Waals surface area contributed by atoms with Crippen molar-refractivity contribution in [1.29, 1.82) is 0 Å². The Bertz CT molecular complexity index is 694. The number of hydrogen-bond donors (Lipinski definition) is 0. The molecule has 0 aliphatic rings. The van der Waals surface area contributed by atoms with Gasteiger partial charge >= 0.3 is 0 Å². The molecule has 0 radical (unpaired) electrons. The van der Waals surface area contributed by atoms with Crippen molar-refractivity contribution in [1.82, 2.24) is 0 Å². The molecule has 2 aromatic rings. The van der Waals surface area contributed by atoms with Crippen molar-refractivity contribution < 1.29 is 9.05 Å². The van der Waals surface area contributed by atoms with Crippen molar-refractivity contribution in [2.45, 2.75) is 39.3 Å². The van der Waals surface area contributed by atoms with Gasteiger partial charge < -0.3 is 9.05 Å². The minimum atomic E-state index is -1.83. The maximum atomic E-state index is 5.88. The average Bonchev–Trinajstić information content (AvgIpc) is 2.57. The van der Waals surface area contributed by atoms with E-state index in [1.54, 1.807) is 0 Å². The summed E-state index contributed by atoms with van der Waals surface area (Å²) in [6.07, 6.45) is 0. The molecule has 0 fully saturated rings. The van der Waals surface area contributed by atoms with E-state index >= 15 is 0 Å². The lowest BCUT2D eigenvalue weighted by atomic mass is 10.0. The third kappa shape index (κ3) is 6.61. The normalized spacial score (nSPS) is 13.5. The highest BCUT2D eigenvalue weighted by molar-refractivity contribution is 6.70. The van der Waals surface area contributed by atoms with Crippen LogP contribution >= 0.6 is 0 Å². The van der Waals surface area contributed by atoms with Crippen LogP contribution < -0.4 is 0 Å². The average molecular weight is 385 g/mol. The summed E-state index contributed by atoms with van der Waals surface area (Å²) in [6, 6.07) is 20.0. The van der Waals surface area contributed by atoms with E-state index in [9.17, 15) is 0 Å². The molecule has 138 valence electrons. The van der Waals surface area contributed by atoms with Crippen LogP contribution in [0.3, 0.4) is 0 Å². The Labute approximate surface area is 158 Å². The fourth-order valence-corrected chi connectivity index (χ4v) is 2.75.